The third kappa shape index (κ3) is 1.36. The second-order valence-electron chi connectivity index (χ2n) is 5.77. The normalized spacial score (nSPS) is 27.8. The monoisotopic (exact) mass is 205 g/mol. The molecule has 2 aliphatic rings. The molecule has 1 atom stereocenters. The Hall–Kier alpha value is -0.990. The van der Waals surface area contributed by atoms with Gasteiger partial charge in [-0.1, -0.05) is 20.8 Å². The molecule has 82 valence electrons. The third-order valence-corrected chi connectivity index (χ3v) is 3.70. The van der Waals surface area contributed by atoms with Crippen LogP contribution < -0.4 is 5.32 Å². The summed E-state index contributed by atoms with van der Waals surface area (Å²) in [6.07, 6.45) is 3.84. The topological polar surface area (TPSA) is 40.7 Å². The number of anilines is 1. The molecule has 1 aromatic rings. The van der Waals surface area contributed by atoms with Gasteiger partial charge in [-0.3, -0.25) is 5.10 Å². The van der Waals surface area contributed by atoms with Gasteiger partial charge in [0.25, 0.3) is 0 Å². The van der Waals surface area contributed by atoms with E-state index in [0.29, 0.717) is 12.0 Å². The first kappa shape index (κ1) is 9.25. The SMILES string of the molecule is CC1CC(C)(C)c2c(NC3CC3)n[nH]c21. The highest BCUT2D eigenvalue weighted by Crippen LogP contribution is 2.48. The lowest BCUT2D eigenvalue weighted by Crippen LogP contribution is -2.15. The van der Waals surface area contributed by atoms with Gasteiger partial charge in [0, 0.05) is 17.3 Å². The summed E-state index contributed by atoms with van der Waals surface area (Å²) in [7, 11) is 0. The predicted octanol–water partition coefficient (Wildman–Crippen LogP) is 2.77. The Morgan fingerprint density at radius 1 is 1.40 bits per heavy atom. The van der Waals surface area contributed by atoms with Crippen molar-refractivity contribution in [2.75, 3.05) is 5.32 Å². The van der Waals surface area contributed by atoms with Gasteiger partial charge in [0.15, 0.2) is 5.82 Å². The van der Waals surface area contributed by atoms with Gasteiger partial charge < -0.3 is 5.32 Å². The molecule has 1 fully saturated rings. The molecule has 15 heavy (non-hydrogen) atoms. The number of hydrogen-bond acceptors (Lipinski definition) is 2. The van der Waals surface area contributed by atoms with Crippen molar-refractivity contribution in [2.24, 2.45) is 0 Å². The first-order chi connectivity index (χ1) is 7.08. The number of H-pyrrole nitrogens is 1. The highest BCUT2D eigenvalue weighted by Gasteiger charge is 2.40. The van der Waals surface area contributed by atoms with Crippen molar-refractivity contribution >= 4 is 5.82 Å². The summed E-state index contributed by atoms with van der Waals surface area (Å²) in [4.78, 5) is 0. The molecule has 2 N–H and O–H groups in total. The number of aromatic nitrogens is 2. The van der Waals surface area contributed by atoms with Crippen LogP contribution in [0.15, 0.2) is 0 Å². The van der Waals surface area contributed by atoms with Crippen molar-refractivity contribution in [3.05, 3.63) is 11.3 Å². The summed E-state index contributed by atoms with van der Waals surface area (Å²) >= 11 is 0. The van der Waals surface area contributed by atoms with E-state index in [1.807, 2.05) is 0 Å². The summed E-state index contributed by atoms with van der Waals surface area (Å²) in [5, 5.41) is 11.2. The molecule has 0 aliphatic heterocycles. The number of hydrogen-bond donors (Lipinski definition) is 2. The average Bonchev–Trinajstić information content (AvgIpc) is 2.75. The Bertz CT molecular complexity index is 388. The van der Waals surface area contributed by atoms with Crippen LogP contribution >= 0.6 is 0 Å². The maximum atomic E-state index is 4.43. The fraction of sp³-hybridized carbons (Fsp3) is 0.750. The Kier molecular flexibility index (Phi) is 1.71. The van der Waals surface area contributed by atoms with Gasteiger partial charge in [0.2, 0.25) is 0 Å². The Morgan fingerprint density at radius 3 is 2.80 bits per heavy atom. The average molecular weight is 205 g/mol. The molecule has 1 heterocycles. The standard InChI is InChI=1S/C12H19N3/c1-7-6-12(2,3)9-10(7)14-15-11(9)13-8-4-5-8/h7-8H,4-6H2,1-3H3,(H2,13,14,15). The third-order valence-electron chi connectivity index (χ3n) is 3.70. The van der Waals surface area contributed by atoms with Crippen LogP contribution in [0, 0.1) is 0 Å². The molecule has 0 spiro atoms. The molecule has 1 unspecified atom stereocenters. The van der Waals surface area contributed by atoms with E-state index in [-0.39, 0.29) is 5.41 Å². The Balaban J connectivity index is 2.00. The van der Waals surface area contributed by atoms with E-state index in [1.54, 1.807) is 0 Å². The molecule has 3 rings (SSSR count). The van der Waals surface area contributed by atoms with Crippen molar-refractivity contribution in [1.29, 1.82) is 0 Å². The number of nitrogens with one attached hydrogen (secondary N) is 2. The predicted molar refractivity (Wildman–Crippen MR) is 61.3 cm³/mol. The summed E-state index contributed by atoms with van der Waals surface area (Å²) in [5.74, 6) is 1.74. The summed E-state index contributed by atoms with van der Waals surface area (Å²) in [6, 6.07) is 0.684. The van der Waals surface area contributed by atoms with E-state index in [1.165, 1.54) is 30.5 Å². The van der Waals surface area contributed by atoms with E-state index in [2.05, 4.69) is 36.3 Å². The van der Waals surface area contributed by atoms with E-state index >= 15 is 0 Å². The molecule has 0 amide bonds. The molecule has 1 aromatic heterocycles. The van der Waals surface area contributed by atoms with Crippen molar-refractivity contribution in [1.82, 2.24) is 10.2 Å². The molecule has 3 nitrogen and oxygen atoms in total. The molecular weight excluding hydrogens is 186 g/mol. The van der Waals surface area contributed by atoms with Crippen molar-refractivity contribution in [3.8, 4) is 0 Å². The van der Waals surface area contributed by atoms with Gasteiger partial charge in [-0.25, -0.2) is 0 Å². The Morgan fingerprint density at radius 2 is 2.13 bits per heavy atom. The van der Waals surface area contributed by atoms with Crippen molar-refractivity contribution < 1.29 is 0 Å². The van der Waals surface area contributed by atoms with Crippen molar-refractivity contribution in [3.63, 3.8) is 0 Å². The molecule has 2 aliphatic carbocycles. The number of nitrogens with zero attached hydrogens (tertiary/aromatic N) is 1. The molecule has 0 aromatic carbocycles. The zero-order chi connectivity index (χ0) is 10.6. The summed E-state index contributed by atoms with van der Waals surface area (Å²) < 4.78 is 0. The molecule has 0 radical (unpaired) electrons. The fourth-order valence-electron chi connectivity index (χ4n) is 2.89. The van der Waals surface area contributed by atoms with E-state index < -0.39 is 0 Å². The minimum absolute atomic E-state index is 0.277. The lowest BCUT2D eigenvalue weighted by Gasteiger charge is -2.19. The van der Waals surface area contributed by atoms with E-state index in [0.717, 1.165) is 5.82 Å². The van der Waals surface area contributed by atoms with Crippen LogP contribution in [0.4, 0.5) is 5.82 Å². The Labute approximate surface area is 90.7 Å². The van der Waals surface area contributed by atoms with Gasteiger partial charge in [-0.2, -0.15) is 5.10 Å². The summed E-state index contributed by atoms with van der Waals surface area (Å²) in [5.41, 5.74) is 3.06. The van der Waals surface area contributed by atoms with Crippen LogP contribution in [0.25, 0.3) is 0 Å². The van der Waals surface area contributed by atoms with Crippen LogP contribution in [0.1, 0.15) is 57.2 Å². The van der Waals surface area contributed by atoms with Crippen LogP contribution in [0.5, 0.6) is 0 Å². The quantitative estimate of drug-likeness (QED) is 0.779. The fourth-order valence-corrected chi connectivity index (χ4v) is 2.89. The highest BCUT2D eigenvalue weighted by atomic mass is 15.2. The first-order valence-corrected chi connectivity index (χ1v) is 5.93. The van der Waals surface area contributed by atoms with Gasteiger partial charge in [-0.15, -0.1) is 0 Å². The molecule has 0 saturated heterocycles. The number of rotatable bonds is 2. The highest BCUT2D eigenvalue weighted by molar-refractivity contribution is 5.55. The molecular formula is C12H19N3. The lowest BCUT2D eigenvalue weighted by atomic mass is 9.86. The number of aromatic amines is 1. The zero-order valence-corrected chi connectivity index (χ0v) is 9.72. The van der Waals surface area contributed by atoms with Gasteiger partial charge in [0.05, 0.1) is 0 Å². The van der Waals surface area contributed by atoms with Gasteiger partial charge in [-0.05, 0) is 30.6 Å². The molecule has 1 saturated carbocycles. The summed E-state index contributed by atoms with van der Waals surface area (Å²) in [6.45, 7) is 6.93. The zero-order valence-electron chi connectivity index (χ0n) is 9.72. The smallest absolute Gasteiger partial charge is 0.152 e. The second kappa shape index (κ2) is 2.77. The van der Waals surface area contributed by atoms with E-state index in [9.17, 15) is 0 Å². The van der Waals surface area contributed by atoms with Crippen molar-refractivity contribution in [2.45, 2.75) is 57.4 Å². The van der Waals surface area contributed by atoms with Crippen LogP contribution in [0.3, 0.4) is 0 Å². The lowest BCUT2D eigenvalue weighted by molar-refractivity contribution is 0.485. The maximum Gasteiger partial charge on any atom is 0.152 e. The van der Waals surface area contributed by atoms with Crippen LogP contribution in [0.2, 0.25) is 0 Å². The second-order valence-corrected chi connectivity index (χ2v) is 5.77. The van der Waals surface area contributed by atoms with Gasteiger partial charge in [0.1, 0.15) is 0 Å². The van der Waals surface area contributed by atoms with Gasteiger partial charge >= 0.3 is 0 Å². The first-order valence-electron chi connectivity index (χ1n) is 5.93. The molecule has 3 heteroatoms. The number of fused-ring (bicyclic) bond motifs is 1. The largest absolute Gasteiger partial charge is 0.366 e. The maximum absolute atomic E-state index is 4.43. The van der Waals surface area contributed by atoms with E-state index in [4.69, 9.17) is 0 Å². The van der Waals surface area contributed by atoms with Crippen LogP contribution in [-0.4, -0.2) is 16.2 Å². The van der Waals surface area contributed by atoms with Crippen LogP contribution in [-0.2, 0) is 5.41 Å². The minimum atomic E-state index is 0.277. The minimum Gasteiger partial charge on any atom is -0.366 e. The molecule has 0 bridgehead atoms.